The average Bonchev–Trinajstić information content (AvgIpc) is 3.33. The molecule has 0 saturated carbocycles. The summed E-state index contributed by atoms with van der Waals surface area (Å²) >= 11 is 0. The average molecular weight is 473 g/mol. The van der Waals surface area contributed by atoms with Crippen LogP contribution < -0.4 is 34.2 Å². The highest BCUT2D eigenvalue weighted by Gasteiger charge is 2.16. The maximum Gasteiger partial charge on any atom is 0.267 e. The minimum absolute atomic E-state index is 0. The van der Waals surface area contributed by atoms with Crippen LogP contribution in [0.3, 0.4) is 0 Å². The van der Waals surface area contributed by atoms with Crippen molar-refractivity contribution >= 4 is 0 Å². The number of rotatable bonds is 9. The molecule has 170 valence electrons. The second-order valence-electron chi connectivity index (χ2n) is 7.76. The van der Waals surface area contributed by atoms with E-state index in [9.17, 15) is 0 Å². The van der Waals surface area contributed by atoms with Gasteiger partial charge in [0, 0.05) is 11.1 Å². The third kappa shape index (κ3) is 6.40. The number of aryl methyl sites for hydroxylation is 4. The van der Waals surface area contributed by atoms with Gasteiger partial charge in [0.25, 0.3) is 24.3 Å². The molecule has 0 radical (unpaired) electrons. The second kappa shape index (κ2) is 12.4. The van der Waals surface area contributed by atoms with Crippen LogP contribution in [0.5, 0.6) is 0 Å². The lowest BCUT2D eigenvalue weighted by molar-refractivity contribution is -0.728. The fourth-order valence-corrected chi connectivity index (χ4v) is 3.84. The van der Waals surface area contributed by atoms with Gasteiger partial charge in [0.1, 0.15) is 14.1 Å². The Kier molecular flexibility index (Phi) is 9.88. The number of benzene rings is 2. The molecule has 0 unspecified atom stereocenters. The summed E-state index contributed by atoms with van der Waals surface area (Å²) in [6.07, 6.45) is 8.88. The predicted octanol–water partition coefficient (Wildman–Crippen LogP) is -2.67. The van der Waals surface area contributed by atoms with Crippen molar-refractivity contribution in [2.45, 2.75) is 38.8 Å². The van der Waals surface area contributed by atoms with Crippen molar-refractivity contribution in [2.75, 3.05) is 0 Å². The van der Waals surface area contributed by atoms with Crippen molar-refractivity contribution in [2.24, 2.45) is 14.1 Å². The molecule has 0 N–H and O–H groups in total. The molecule has 32 heavy (non-hydrogen) atoms. The minimum Gasteiger partial charge on any atom is -1.00 e. The number of aromatic nitrogens is 6. The standard InChI is InChI=1S/C24H30N6.2ClH/c1-27-19-29(23(25-27)21-13-7-5-8-14-21)17-11-3-4-12-18-30-20-28(2)26-24(30)22-15-9-6-10-16-22;;/h5-10,13-16,19-20H,3-4,11-12,17-18H2,1-2H3;2*1H/q+2;;/p-2. The van der Waals surface area contributed by atoms with Crippen LogP contribution in [0.4, 0.5) is 0 Å². The van der Waals surface area contributed by atoms with Crippen LogP contribution in [0.2, 0.25) is 0 Å². The van der Waals surface area contributed by atoms with Crippen LogP contribution in [0.1, 0.15) is 25.7 Å². The molecule has 4 rings (SSSR count). The summed E-state index contributed by atoms with van der Waals surface area (Å²) in [6, 6.07) is 20.8. The molecular formula is C24H30Cl2N6. The van der Waals surface area contributed by atoms with Gasteiger partial charge in [-0.3, -0.25) is 0 Å². The number of unbranched alkanes of at least 4 members (excludes halogenated alkanes) is 3. The Labute approximate surface area is 202 Å². The zero-order valence-electron chi connectivity index (χ0n) is 18.6. The molecule has 2 heterocycles. The SMILES string of the molecule is C[n+]1cn(CCCCCCn2c[n+](C)nc2-c2ccccc2)c(-c2ccccc2)n1.[Cl-].[Cl-]. The van der Waals surface area contributed by atoms with Gasteiger partial charge < -0.3 is 24.8 Å². The molecule has 0 fully saturated rings. The Morgan fingerprint density at radius 2 is 0.969 bits per heavy atom. The van der Waals surface area contributed by atoms with E-state index in [1.165, 1.54) is 24.0 Å². The summed E-state index contributed by atoms with van der Waals surface area (Å²) < 4.78 is 8.32. The topological polar surface area (TPSA) is 43.4 Å². The summed E-state index contributed by atoms with van der Waals surface area (Å²) in [6.45, 7) is 1.99. The Bertz CT molecular complexity index is 989. The van der Waals surface area contributed by atoms with Gasteiger partial charge in [-0.1, -0.05) is 36.4 Å². The van der Waals surface area contributed by atoms with Gasteiger partial charge in [0.15, 0.2) is 0 Å². The summed E-state index contributed by atoms with van der Waals surface area (Å²) in [5.74, 6) is 2.08. The molecular weight excluding hydrogens is 443 g/mol. The highest BCUT2D eigenvalue weighted by atomic mass is 35.5. The molecule has 0 bridgehead atoms. The first-order valence-electron chi connectivity index (χ1n) is 10.7. The molecule has 8 heteroatoms. The lowest BCUT2D eigenvalue weighted by atomic mass is 10.1. The van der Waals surface area contributed by atoms with Crippen LogP contribution in [0.25, 0.3) is 22.8 Å². The van der Waals surface area contributed by atoms with E-state index in [2.05, 4.69) is 80.5 Å². The largest absolute Gasteiger partial charge is 1.00 e. The number of hydrogen-bond acceptors (Lipinski definition) is 2. The molecule has 2 aromatic carbocycles. The molecule has 0 spiro atoms. The molecule has 0 aliphatic heterocycles. The van der Waals surface area contributed by atoms with Gasteiger partial charge in [-0.15, -0.1) is 9.36 Å². The van der Waals surface area contributed by atoms with E-state index in [-0.39, 0.29) is 24.8 Å². The van der Waals surface area contributed by atoms with E-state index in [1.807, 2.05) is 35.6 Å². The van der Waals surface area contributed by atoms with E-state index in [1.54, 1.807) is 0 Å². The fourth-order valence-electron chi connectivity index (χ4n) is 3.84. The Morgan fingerprint density at radius 1 is 0.594 bits per heavy atom. The van der Waals surface area contributed by atoms with Crippen LogP contribution in [-0.2, 0) is 27.2 Å². The molecule has 2 aromatic heterocycles. The summed E-state index contributed by atoms with van der Waals surface area (Å²) in [4.78, 5) is 0. The molecule has 6 nitrogen and oxygen atoms in total. The summed E-state index contributed by atoms with van der Waals surface area (Å²) in [5, 5.41) is 9.29. The Hall–Kier alpha value is -2.70. The number of halogens is 2. The maximum atomic E-state index is 4.64. The van der Waals surface area contributed by atoms with E-state index in [0.717, 1.165) is 37.6 Å². The first-order valence-corrected chi connectivity index (χ1v) is 10.7. The fraction of sp³-hybridized carbons (Fsp3) is 0.333. The van der Waals surface area contributed by atoms with Gasteiger partial charge in [0.2, 0.25) is 0 Å². The maximum absolute atomic E-state index is 4.64. The second-order valence-corrected chi connectivity index (χ2v) is 7.76. The molecule has 0 aliphatic rings. The summed E-state index contributed by atoms with van der Waals surface area (Å²) in [5.41, 5.74) is 2.33. The molecule has 0 saturated heterocycles. The van der Waals surface area contributed by atoms with Crippen LogP contribution in [-0.4, -0.2) is 19.3 Å². The van der Waals surface area contributed by atoms with Gasteiger partial charge in [0.05, 0.1) is 13.1 Å². The Balaban J connectivity index is 0.00000181. The quantitative estimate of drug-likeness (QED) is 0.197. The lowest BCUT2D eigenvalue weighted by Crippen LogP contribution is -3.00. The normalized spacial score (nSPS) is 10.4. The van der Waals surface area contributed by atoms with E-state index in [4.69, 9.17) is 0 Å². The third-order valence-corrected chi connectivity index (χ3v) is 5.27. The van der Waals surface area contributed by atoms with Crippen LogP contribution >= 0.6 is 0 Å². The van der Waals surface area contributed by atoms with E-state index >= 15 is 0 Å². The zero-order chi connectivity index (χ0) is 20.8. The van der Waals surface area contributed by atoms with Crippen LogP contribution in [0, 0.1) is 0 Å². The van der Waals surface area contributed by atoms with Gasteiger partial charge in [-0.05, 0) is 60.1 Å². The highest BCUT2D eigenvalue weighted by molar-refractivity contribution is 5.54. The molecule has 0 aliphatic carbocycles. The van der Waals surface area contributed by atoms with Crippen molar-refractivity contribution in [1.29, 1.82) is 0 Å². The number of nitrogens with zero attached hydrogens (tertiary/aromatic N) is 6. The first kappa shape index (κ1) is 25.6. The first-order chi connectivity index (χ1) is 14.7. The highest BCUT2D eigenvalue weighted by Crippen LogP contribution is 2.18. The smallest absolute Gasteiger partial charge is 0.267 e. The Morgan fingerprint density at radius 3 is 1.34 bits per heavy atom. The van der Waals surface area contributed by atoms with Gasteiger partial charge >= 0.3 is 0 Å². The van der Waals surface area contributed by atoms with Gasteiger partial charge in [-0.25, -0.2) is 9.13 Å². The third-order valence-electron chi connectivity index (χ3n) is 5.27. The lowest BCUT2D eigenvalue weighted by Gasteiger charge is -2.02. The van der Waals surface area contributed by atoms with Crippen molar-refractivity contribution in [1.82, 2.24) is 19.3 Å². The van der Waals surface area contributed by atoms with Crippen molar-refractivity contribution in [3.05, 3.63) is 73.3 Å². The molecule has 0 atom stereocenters. The zero-order valence-corrected chi connectivity index (χ0v) is 20.1. The van der Waals surface area contributed by atoms with E-state index < -0.39 is 0 Å². The van der Waals surface area contributed by atoms with Crippen molar-refractivity contribution in [3.63, 3.8) is 0 Å². The van der Waals surface area contributed by atoms with E-state index in [0.29, 0.717) is 0 Å². The van der Waals surface area contributed by atoms with Crippen molar-refractivity contribution < 1.29 is 34.2 Å². The monoisotopic (exact) mass is 472 g/mol. The van der Waals surface area contributed by atoms with Crippen molar-refractivity contribution in [3.8, 4) is 22.8 Å². The summed E-state index contributed by atoms with van der Waals surface area (Å²) in [7, 11) is 3.97. The van der Waals surface area contributed by atoms with Crippen LogP contribution in [0.15, 0.2) is 73.3 Å². The minimum atomic E-state index is 0. The molecule has 0 amide bonds. The predicted molar refractivity (Wildman–Crippen MR) is 116 cm³/mol. The molecule has 4 aromatic rings. The number of hydrogen-bond donors (Lipinski definition) is 0. The van der Waals surface area contributed by atoms with Gasteiger partial charge in [-0.2, -0.15) is 0 Å².